The van der Waals surface area contributed by atoms with Crippen LogP contribution in [0.1, 0.15) is 5.56 Å². The molecular weight excluding hydrogens is 280 g/mol. The predicted octanol–water partition coefficient (Wildman–Crippen LogP) is 1.53. The van der Waals surface area contributed by atoms with E-state index in [4.69, 9.17) is 8.92 Å². The third kappa shape index (κ3) is 3.27. The van der Waals surface area contributed by atoms with Crippen molar-refractivity contribution < 1.29 is 22.4 Å². The fraction of sp³-hybridized carbons (Fsp3) is 0.286. The Balaban J connectivity index is 2.22. The Bertz CT molecular complexity index is 628. The van der Waals surface area contributed by atoms with Crippen molar-refractivity contribution >= 4 is 10.1 Å². The van der Waals surface area contributed by atoms with Crippen molar-refractivity contribution in [2.45, 2.75) is 24.0 Å². The number of ether oxygens (including phenoxy) is 1. The molecule has 0 saturated heterocycles. The van der Waals surface area contributed by atoms with Crippen molar-refractivity contribution in [3.8, 4) is 0 Å². The molecule has 2 unspecified atom stereocenters. The van der Waals surface area contributed by atoms with Gasteiger partial charge >= 0.3 is 0 Å². The quantitative estimate of drug-likeness (QED) is 0.853. The minimum absolute atomic E-state index is 0.0530. The van der Waals surface area contributed by atoms with E-state index in [2.05, 4.69) is 0 Å². The Morgan fingerprint density at radius 3 is 2.45 bits per heavy atom. The first-order chi connectivity index (χ1) is 9.42. The molecule has 1 aromatic rings. The van der Waals surface area contributed by atoms with Gasteiger partial charge in [-0.2, -0.15) is 8.42 Å². The van der Waals surface area contributed by atoms with Crippen LogP contribution in [0.5, 0.6) is 0 Å². The van der Waals surface area contributed by atoms with Crippen LogP contribution in [-0.4, -0.2) is 32.8 Å². The number of aliphatic hydroxyl groups excluding tert-OH is 1. The summed E-state index contributed by atoms with van der Waals surface area (Å²) in [7, 11) is -2.48. The van der Waals surface area contributed by atoms with E-state index in [9.17, 15) is 13.5 Å². The molecule has 20 heavy (non-hydrogen) atoms. The minimum Gasteiger partial charge on any atom is -0.497 e. The fourth-order valence-electron chi connectivity index (χ4n) is 1.75. The van der Waals surface area contributed by atoms with Gasteiger partial charge in [0.2, 0.25) is 0 Å². The van der Waals surface area contributed by atoms with Gasteiger partial charge < -0.3 is 9.84 Å². The molecule has 5 nitrogen and oxygen atoms in total. The summed E-state index contributed by atoms with van der Waals surface area (Å²) in [6.07, 6.45) is 2.38. The molecule has 108 valence electrons. The molecular formula is C14H16O5S. The topological polar surface area (TPSA) is 72.8 Å². The average Bonchev–Trinajstić information content (AvgIpc) is 2.41. The number of hydrogen-bond donors (Lipinski definition) is 1. The third-order valence-electron chi connectivity index (χ3n) is 2.91. The van der Waals surface area contributed by atoms with Crippen LogP contribution >= 0.6 is 0 Å². The Labute approximate surface area is 118 Å². The van der Waals surface area contributed by atoms with Crippen LogP contribution < -0.4 is 0 Å². The molecule has 1 N–H and O–H groups in total. The molecule has 1 aromatic carbocycles. The molecule has 0 heterocycles. The minimum atomic E-state index is -3.94. The second-order valence-corrected chi connectivity index (χ2v) is 6.02. The molecule has 0 radical (unpaired) electrons. The van der Waals surface area contributed by atoms with Crippen molar-refractivity contribution in [1.29, 1.82) is 0 Å². The van der Waals surface area contributed by atoms with E-state index >= 15 is 0 Å². The highest BCUT2D eigenvalue weighted by Gasteiger charge is 2.27. The van der Waals surface area contributed by atoms with E-state index in [1.165, 1.54) is 31.4 Å². The lowest BCUT2D eigenvalue weighted by Crippen LogP contribution is -2.30. The van der Waals surface area contributed by atoms with Crippen molar-refractivity contribution in [2.24, 2.45) is 0 Å². The van der Waals surface area contributed by atoms with Gasteiger partial charge in [-0.1, -0.05) is 17.7 Å². The van der Waals surface area contributed by atoms with Crippen LogP contribution in [-0.2, 0) is 19.0 Å². The standard InChI is InChI=1S/C14H16O5S/c1-10-3-6-12(7-4-10)20(16,17)19-14-9-11(18-2)5-8-13(14)15/h3-9,13-15H,1-2H3. The zero-order valence-corrected chi connectivity index (χ0v) is 12.0. The maximum Gasteiger partial charge on any atom is 0.297 e. The van der Waals surface area contributed by atoms with Crippen molar-refractivity contribution in [2.75, 3.05) is 7.11 Å². The summed E-state index contributed by atoms with van der Waals surface area (Å²) in [5, 5.41) is 9.76. The fourth-order valence-corrected chi connectivity index (χ4v) is 2.79. The highest BCUT2D eigenvalue weighted by molar-refractivity contribution is 7.86. The van der Waals surface area contributed by atoms with E-state index in [0.717, 1.165) is 5.56 Å². The maximum absolute atomic E-state index is 12.1. The Hall–Kier alpha value is -1.63. The van der Waals surface area contributed by atoms with Gasteiger partial charge in [0.15, 0.2) is 0 Å². The van der Waals surface area contributed by atoms with E-state index in [-0.39, 0.29) is 4.90 Å². The molecule has 1 aliphatic rings. The second kappa shape index (κ2) is 5.78. The number of aliphatic hydroxyl groups is 1. The molecule has 0 saturated carbocycles. The molecule has 0 fully saturated rings. The first kappa shape index (κ1) is 14.8. The molecule has 0 bridgehead atoms. The molecule has 0 aliphatic heterocycles. The number of benzene rings is 1. The van der Waals surface area contributed by atoms with Gasteiger partial charge in [-0.3, -0.25) is 4.18 Å². The van der Waals surface area contributed by atoms with Crippen LogP contribution in [0, 0.1) is 6.92 Å². The van der Waals surface area contributed by atoms with Crippen LogP contribution in [0.15, 0.2) is 53.1 Å². The third-order valence-corrected chi connectivity index (χ3v) is 4.23. The van der Waals surface area contributed by atoms with Gasteiger partial charge in [-0.25, -0.2) is 0 Å². The number of allylic oxidation sites excluding steroid dienone is 1. The molecule has 2 rings (SSSR count). The largest absolute Gasteiger partial charge is 0.497 e. The number of aryl methyl sites for hydroxylation is 1. The van der Waals surface area contributed by atoms with E-state index in [1.54, 1.807) is 18.2 Å². The summed E-state index contributed by atoms with van der Waals surface area (Å²) in [5.74, 6) is 0.444. The number of methoxy groups -OCH3 is 1. The number of hydrogen-bond acceptors (Lipinski definition) is 5. The summed E-state index contributed by atoms with van der Waals surface area (Å²) in [6.45, 7) is 1.86. The molecule has 1 aliphatic carbocycles. The Kier molecular flexibility index (Phi) is 4.27. The SMILES string of the molecule is COC1=CC(OS(=O)(=O)c2ccc(C)cc2)C(O)C=C1. The summed E-state index contributed by atoms with van der Waals surface area (Å²) < 4.78 is 34.3. The summed E-state index contributed by atoms with van der Waals surface area (Å²) in [5.41, 5.74) is 0.950. The van der Waals surface area contributed by atoms with Gasteiger partial charge in [0, 0.05) is 0 Å². The van der Waals surface area contributed by atoms with Crippen molar-refractivity contribution in [3.63, 3.8) is 0 Å². The maximum atomic E-state index is 12.1. The van der Waals surface area contributed by atoms with E-state index in [1.807, 2.05) is 6.92 Å². The van der Waals surface area contributed by atoms with E-state index < -0.39 is 22.3 Å². The Morgan fingerprint density at radius 2 is 1.85 bits per heavy atom. The molecule has 6 heteroatoms. The highest BCUT2D eigenvalue weighted by atomic mass is 32.2. The molecule has 0 aromatic heterocycles. The molecule has 2 atom stereocenters. The smallest absolute Gasteiger partial charge is 0.297 e. The Morgan fingerprint density at radius 1 is 1.20 bits per heavy atom. The lowest BCUT2D eigenvalue weighted by Gasteiger charge is -2.21. The molecule has 0 amide bonds. The van der Waals surface area contributed by atoms with Gasteiger partial charge in [0.25, 0.3) is 10.1 Å². The average molecular weight is 296 g/mol. The summed E-state index contributed by atoms with van der Waals surface area (Å²) in [6, 6.07) is 6.31. The normalized spacial score (nSPS) is 22.4. The first-order valence-electron chi connectivity index (χ1n) is 6.04. The van der Waals surface area contributed by atoms with E-state index in [0.29, 0.717) is 5.76 Å². The first-order valence-corrected chi connectivity index (χ1v) is 7.45. The van der Waals surface area contributed by atoms with Crippen molar-refractivity contribution in [1.82, 2.24) is 0 Å². The number of rotatable bonds is 4. The summed E-state index contributed by atoms with van der Waals surface area (Å²) in [4.78, 5) is 0.0530. The van der Waals surface area contributed by atoms with Crippen LogP contribution in [0.4, 0.5) is 0 Å². The summed E-state index contributed by atoms with van der Waals surface area (Å²) >= 11 is 0. The van der Waals surface area contributed by atoms with Crippen LogP contribution in [0.25, 0.3) is 0 Å². The van der Waals surface area contributed by atoms with Gasteiger partial charge in [0.05, 0.1) is 12.0 Å². The molecule has 0 spiro atoms. The zero-order chi connectivity index (χ0) is 14.8. The van der Waals surface area contributed by atoms with Crippen LogP contribution in [0.3, 0.4) is 0 Å². The van der Waals surface area contributed by atoms with Gasteiger partial charge in [0.1, 0.15) is 18.0 Å². The monoisotopic (exact) mass is 296 g/mol. The lowest BCUT2D eigenvalue weighted by molar-refractivity contribution is 0.0953. The highest BCUT2D eigenvalue weighted by Crippen LogP contribution is 2.21. The van der Waals surface area contributed by atoms with Crippen molar-refractivity contribution in [3.05, 3.63) is 53.8 Å². The second-order valence-electron chi connectivity index (χ2n) is 4.45. The van der Waals surface area contributed by atoms with Crippen LogP contribution in [0.2, 0.25) is 0 Å². The zero-order valence-electron chi connectivity index (χ0n) is 11.2. The van der Waals surface area contributed by atoms with Gasteiger partial charge in [-0.05, 0) is 37.3 Å². The van der Waals surface area contributed by atoms with Gasteiger partial charge in [-0.15, -0.1) is 0 Å². The lowest BCUT2D eigenvalue weighted by atomic mass is 10.1. The predicted molar refractivity (Wildman–Crippen MR) is 73.5 cm³/mol.